The molecule has 0 heterocycles. The predicted octanol–water partition coefficient (Wildman–Crippen LogP) is 6.70. The lowest BCUT2D eigenvalue weighted by Crippen LogP contribution is -2.34. The number of hydrogen-bond donors (Lipinski definition) is 2. The van der Waals surface area contributed by atoms with Gasteiger partial charge in [-0.25, -0.2) is 4.79 Å². The number of nitrogens with one attached hydrogen (secondary N) is 2. The normalized spacial score (nSPS) is 11.2. The van der Waals surface area contributed by atoms with E-state index in [1.807, 2.05) is 11.8 Å². The molecule has 3 rings (SSSR count). The number of nitrogens with zero attached hydrogens (tertiary/aromatic N) is 1. The molecule has 35 heavy (non-hydrogen) atoms. The summed E-state index contributed by atoms with van der Waals surface area (Å²) in [6.07, 6.45) is -8.53. The maximum atomic E-state index is 13.1. The van der Waals surface area contributed by atoms with Crippen molar-refractivity contribution in [3.05, 3.63) is 83.4 Å². The zero-order valence-electron chi connectivity index (χ0n) is 18.3. The zero-order chi connectivity index (χ0) is 25.6. The van der Waals surface area contributed by atoms with E-state index in [9.17, 15) is 27.2 Å². The van der Waals surface area contributed by atoms with Crippen LogP contribution in [0.2, 0.25) is 5.02 Å². The molecule has 0 saturated carbocycles. The maximum Gasteiger partial charge on any atom is 0.461 e. The number of halogens is 5. The summed E-state index contributed by atoms with van der Waals surface area (Å²) < 4.78 is 54.9. The highest BCUT2D eigenvalue weighted by molar-refractivity contribution is 6.34. The summed E-state index contributed by atoms with van der Waals surface area (Å²) >= 11 is 5.96. The molecule has 0 bridgehead atoms. The predicted molar refractivity (Wildman–Crippen MR) is 125 cm³/mol. The van der Waals surface area contributed by atoms with Crippen molar-refractivity contribution in [3.8, 4) is 5.75 Å². The molecule has 2 N–H and O–H groups in total. The van der Waals surface area contributed by atoms with Crippen LogP contribution in [0.3, 0.4) is 0 Å². The first-order chi connectivity index (χ1) is 16.6. The Morgan fingerprint density at radius 2 is 1.54 bits per heavy atom. The average molecular weight is 510 g/mol. The number of urea groups is 1. The molecule has 6 nitrogen and oxygen atoms in total. The van der Waals surface area contributed by atoms with Crippen molar-refractivity contribution in [1.29, 1.82) is 0 Å². The van der Waals surface area contributed by atoms with E-state index in [2.05, 4.69) is 15.4 Å². The van der Waals surface area contributed by atoms with Crippen LogP contribution in [0, 0.1) is 0 Å². The van der Waals surface area contributed by atoms with Gasteiger partial charge in [-0.3, -0.25) is 10.1 Å². The number of anilines is 3. The van der Waals surface area contributed by atoms with Crippen LogP contribution < -0.4 is 20.3 Å². The molecule has 0 atom stereocenters. The highest BCUT2D eigenvalue weighted by Crippen LogP contribution is 2.31. The minimum Gasteiger partial charge on any atom is -0.428 e. The number of alkyl halides is 4. The molecule has 3 aromatic rings. The molecular formula is C24H20ClF4N3O3. The summed E-state index contributed by atoms with van der Waals surface area (Å²) in [5.74, 6) is -1.05. The molecule has 11 heteroatoms. The van der Waals surface area contributed by atoms with Gasteiger partial charge in [0.25, 0.3) is 5.91 Å². The third-order valence-electron chi connectivity index (χ3n) is 4.75. The second-order valence-electron chi connectivity index (χ2n) is 7.14. The van der Waals surface area contributed by atoms with Gasteiger partial charge >= 0.3 is 18.6 Å². The molecule has 0 spiro atoms. The number of benzene rings is 3. The Morgan fingerprint density at radius 3 is 2.09 bits per heavy atom. The topological polar surface area (TPSA) is 70.7 Å². The number of carbonyl (C=O) groups is 2. The first-order valence-corrected chi connectivity index (χ1v) is 10.7. The molecule has 0 unspecified atom stereocenters. The summed E-state index contributed by atoms with van der Waals surface area (Å²) in [7, 11) is 0. The molecule has 3 aromatic carbocycles. The fourth-order valence-electron chi connectivity index (χ4n) is 3.11. The Labute approximate surface area is 203 Å². The van der Waals surface area contributed by atoms with Crippen LogP contribution in [0.25, 0.3) is 0 Å². The van der Waals surface area contributed by atoms with Crippen LogP contribution >= 0.6 is 11.6 Å². The summed E-state index contributed by atoms with van der Waals surface area (Å²) in [5, 5.41) is 4.95. The van der Waals surface area contributed by atoms with Crippen LogP contribution in [0.5, 0.6) is 5.75 Å². The number of carbonyl (C=O) groups excluding carboxylic acids is 2. The molecule has 3 amide bonds. The average Bonchev–Trinajstić information content (AvgIpc) is 2.81. The molecule has 0 aliphatic carbocycles. The first kappa shape index (κ1) is 25.8. The summed E-state index contributed by atoms with van der Waals surface area (Å²) in [6, 6.07) is 17.4. The number of ether oxygens (including phenoxy) is 1. The number of imide groups is 1. The van der Waals surface area contributed by atoms with Crippen molar-refractivity contribution >= 4 is 40.6 Å². The molecule has 0 aromatic heterocycles. The van der Waals surface area contributed by atoms with Crippen molar-refractivity contribution in [2.45, 2.75) is 19.5 Å². The Bertz CT molecular complexity index is 1180. The van der Waals surface area contributed by atoms with Gasteiger partial charge in [-0.05, 0) is 67.6 Å². The second kappa shape index (κ2) is 11.1. The third-order valence-corrected chi connectivity index (χ3v) is 5.08. The molecule has 0 radical (unpaired) electrons. The van der Waals surface area contributed by atoms with Gasteiger partial charge in [0.05, 0.1) is 10.6 Å². The van der Waals surface area contributed by atoms with E-state index in [-0.39, 0.29) is 10.6 Å². The van der Waals surface area contributed by atoms with Gasteiger partial charge in [-0.2, -0.15) is 17.6 Å². The Morgan fingerprint density at radius 1 is 0.971 bits per heavy atom. The smallest absolute Gasteiger partial charge is 0.428 e. The van der Waals surface area contributed by atoms with Gasteiger partial charge in [0.1, 0.15) is 5.75 Å². The van der Waals surface area contributed by atoms with Crippen molar-refractivity contribution in [1.82, 2.24) is 5.32 Å². The van der Waals surface area contributed by atoms with E-state index >= 15 is 0 Å². The van der Waals surface area contributed by atoms with E-state index < -0.39 is 30.2 Å². The zero-order valence-corrected chi connectivity index (χ0v) is 19.0. The van der Waals surface area contributed by atoms with Crippen molar-refractivity contribution in [2.75, 3.05) is 16.8 Å². The minimum atomic E-state index is -4.58. The Balaban J connectivity index is 1.64. The Kier molecular flexibility index (Phi) is 8.18. The van der Waals surface area contributed by atoms with E-state index in [0.29, 0.717) is 23.6 Å². The maximum absolute atomic E-state index is 13.1. The highest BCUT2D eigenvalue weighted by Gasteiger charge is 2.43. The molecule has 0 aliphatic heterocycles. The second-order valence-corrected chi connectivity index (χ2v) is 7.54. The number of hydrogen-bond acceptors (Lipinski definition) is 4. The third kappa shape index (κ3) is 6.63. The minimum absolute atomic E-state index is 0.160. The highest BCUT2D eigenvalue weighted by atomic mass is 35.5. The van der Waals surface area contributed by atoms with Gasteiger partial charge in [0.15, 0.2) is 0 Å². The number of rotatable bonds is 8. The van der Waals surface area contributed by atoms with Crippen LogP contribution in [0.1, 0.15) is 17.3 Å². The number of amides is 3. The molecule has 0 saturated heterocycles. The molecule has 0 aliphatic rings. The summed E-state index contributed by atoms with van der Waals surface area (Å²) in [5.41, 5.74) is 1.88. The molecule has 0 fully saturated rings. The van der Waals surface area contributed by atoms with E-state index in [1.54, 1.807) is 36.4 Å². The van der Waals surface area contributed by atoms with Crippen molar-refractivity contribution in [3.63, 3.8) is 0 Å². The van der Waals surface area contributed by atoms with E-state index in [1.165, 1.54) is 36.4 Å². The lowest BCUT2D eigenvalue weighted by Gasteiger charge is -2.24. The monoisotopic (exact) mass is 509 g/mol. The van der Waals surface area contributed by atoms with E-state index in [0.717, 1.165) is 0 Å². The van der Waals surface area contributed by atoms with Crippen molar-refractivity contribution in [2.24, 2.45) is 0 Å². The quantitative estimate of drug-likeness (QED) is 0.332. The van der Waals surface area contributed by atoms with Gasteiger partial charge in [-0.1, -0.05) is 23.7 Å². The largest absolute Gasteiger partial charge is 0.461 e. The van der Waals surface area contributed by atoms with Crippen LogP contribution in [0.4, 0.5) is 39.4 Å². The fourth-order valence-corrected chi connectivity index (χ4v) is 3.33. The van der Waals surface area contributed by atoms with Crippen molar-refractivity contribution < 1.29 is 31.9 Å². The van der Waals surface area contributed by atoms with Gasteiger partial charge in [0, 0.05) is 23.6 Å². The van der Waals surface area contributed by atoms with Gasteiger partial charge < -0.3 is 15.0 Å². The van der Waals surface area contributed by atoms with Crippen LogP contribution in [-0.4, -0.2) is 31.0 Å². The van der Waals surface area contributed by atoms with Crippen LogP contribution in [0.15, 0.2) is 72.8 Å². The summed E-state index contributed by atoms with van der Waals surface area (Å²) in [6.45, 7) is 2.35. The Hall–Kier alpha value is -3.79. The summed E-state index contributed by atoms with van der Waals surface area (Å²) in [4.78, 5) is 26.2. The lowest BCUT2D eigenvalue weighted by molar-refractivity contribution is -0.253. The fraction of sp³-hybridized carbons (Fsp3) is 0.167. The van der Waals surface area contributed by atoms with Gasteiger partial charge in [0.2, 0.25) is 0 Å². The first-order valence-electron chi connectivity index (χ1n) is 10.3. The standard InChI is InChI=1S/C24H20ClF4N3O3/c1-2-32(17-11-13-18(14-12-17)35-24(28,29)22(26)27)16-9-7-15(8-10-16)30-23(34)31-21(33)19-5-3-4-6-20(19)25/h3-14,22H,2H2,1H3,(H2,30,31,33,34). The molecule has 184 valence electrons. The SMILES string of the molecule is CCN(c1ccc(NC(=O)NC(=O)c2ccccc2Cl)cc1)c1ccc(OC(F)(F)C(F)F)cc1. The molecular weight excluding hydrogens is 490 g/mol. The van der Waals surface area contributed by atoms with Gasteiger partial charge in [-0.15, -0.1) is 0 Å². The van der Waals surface area contributed by atoms with Crippen LogP contribution in [-0.2, 0) is 0 Å². The van der Waals surface area contributed by atoms with E-state index in [4.69, 9.17) is 11.6 Å². The lowest BCUT2D eigenvalue weighted by atomic mass is 10.2.